The van der Waals surface area contributed by atoms with Crippen LogP contribution < -0.4 is 16.0 Å². The van der Waals surface area contributed by atoms with Gasteiger partial charge in [0, 0.05) is 18.8 Å². The highest BCUT2D eigenvalue weighted by Crippen LogP contribution is 2.39. The summed E-state index contributed by atoms with van der Waals surface area (Å²) in [5.41, 5.74) is 1.70. The lowest BCUT2D eigenvalue weighted by Gasteiger charge is -2.24. The van der Waals surface area contributed by atoms with Gasteiger partial charge in [-0.2, -0.15) is 18.2 Å². The van der Waals surface area contributed by atoms with Gasteiger partial charge in [0.2, 0.25) is 11.9 Å². The SMILES string of the molecule is O=C(CC(F)(F)F)Nc1cc(Cl)c(-c2nc3cnc(NCc4ccc(F)c(F)c4)nc3n2C[C@@H]2CCCNC2)c(Cl)c1. The average Bonchev–Trinajstić information content (AvgIpc) is 3.25. The lowest BCUT2D eigenvalue weighted by Crippen LogP contribution is -2.32. The largest absolute Gasteiger partial charge is 0.397 e. The van der Waals surface area contributed by atoms with Gasteiger partial charge in [-0.15, -0.1) is 0 Å². The molecular formula is C27H24Cl2F5N7O. The van der Waals surface area contributed by atoms with Gasteiger partial charge in [0.15, 0.2) is 17.3 Å². The van der Waals surface area contributed by atoms with E-state index in [-0.39, 0.29) is 34.1 Å². The van der Waals surface area contributed by atoms with Crippen molar-refractivity contribution in [2.24, 2.45) is 5.92 Å². The van der Waals surface area contributed by atoms with Crippen LogP contribution in [0.25, 0.3) is 22.6 Å². The van der Waals surface area contributed by atoms with Gasteiger partial charge in [-0.05, 0) is 61.7 Å². The molecule has 1 aliphatic heterocycles. The maximum Gasteiger partial charge on any atom is 0.397 e. The Bertz CT molecular complexity index is 1600. The van der Waals surface area contributed by atoms with Crippen LogP contribution in [0.2, 0.25) is 10.0 Å². The van der Waals surface area contributed by atoms with Gasteiger partial charge in [-0.25, -0.2) is 18.7 Å². The molecule has 1 fully saturated rings. The monoisotopic (exact) mass is 627 g/mol. The molecule has 0 aliphatic carbocycles. The summed E-state index contributed by atoms with van der Waals surface area (Å²) >= 11 is 13.1. The Hall–Kier alpha value is -3.55. The number of nitrogens with one attached hydrogen (secondary N) is 3. The highest BCUT2D eigenvalue weighted by Gasteiger charge is 2.31. The Morgan fingerprint density at radius 3 is 2.52 bits per heavy atom. The van der Waals surface area contributed by atoms with E-state index >= 15 is 0 Å². The zero-order chi connectivity index (χ0) is 30.0. The van der Waals surface area contributed by atoms with Gasteiger partial charge in [0.1, 0.15) is 17.8 Å². The van der Waals surface area contributed by atoms with Gasteiger partial charge in [-0.3, -0.25) is 4.79 Å². The van der Waals surface area contributed by atoms with Crippen molar-refractivity contribution >= 4 is 51.9 Å². The highest BCUT2D eigenvalue weighted by molar-refractivity contribution is 6.39. The van der Waals surface area contributed by atoms with Crippen LogP contribution >= 0.6 is 23.2 Å². The predicted octanol–water partition coefficient (Wildman–Crippen LogP) is 6.58. The zero-order valence-corrected chi connectivity index (χ0v) is 23.3. The third-order valence-corrected chi connectivity index (χ3v) is 7.27. The Kier molecular flexibility index (Phi) is 8.81. The van der Waals surface area contributed by atoms with Crippen molar-refractivity contribution in [1.29, 1.82) is 0 Å². The summed E-state index contributed by atoms with van der Waals surface area (Å²) in [6.07, 6.45) is -2.89. The minimum Gasteiger partial charge on any atom is -0.350 e. The number of piperidine rings is 1. The van der Waals surface area contributed by atoms with Crippen LogP contribution in [-0.4, -0.2) is 44.7 Å². The molecule has 5 rings (SSSR count). The van der Waals surface area contributed by atoms with E-state index < -0.39 is 30.1 Å². The Balaban J connectivity index is 1.49. The van der Waals surface area contributed by atoms with E-state index in [1.54, 1.807) is 0 Å². The highest BCUT2D eigenvalue weighted by atomic mass is 35.5. The number of aromatic nitrogens is 4. The molecule has 4 aromatic rings. The van der Waals surface area contributed by atoms with Crippen LogP contribution in [0.1, 0.15) is 24.8 Å². The fourth-order valence-corrected chi connectivity index (χ4v) is 5.44. The van der Waals surface area contributed by atoms with Crippen molar-refractivity contribution in [3.63, 3.8) is 0 Å². The van der Waals surface area contributed by atoms with E-state index in [1.165, 1.54) is 24.4 Å². The van der Waals surface area contributed by atoms with Gasteiger partial charge in [0.25, 0.3) is 0 Å². The Morgan fingerprint density at radius 1 is 1.10 bits per heavy atom. The molecule has 2 aromatic carbocycles. The number of carbonyl (C=O) groups is 1. The van der Waals surface area contributed by atoms with Gasteiger partial charge in [-0.1, -0.05) is 29.3 Å². The number of nitrogens with zero attached hydrogens (tertiary/aromatic N) is 4. The first-order valence-electron chi connectivity index (χ1n) is 12.9. The van der Waals surface area contributed by atoms with Crippen molar-refractivity contribution in [2.45, 2.75) is 38.5 Å². The molecule has 222 valence electrons. The number of anilines is 2. The average molecular weight is 628 g/mol. The van der Waals surface area contributed by atoms with Crippen LogP contribution in [0.5, 0.6) is 0 Å². The number of imidazole rings is 1. The number of rotatable bonds is 8. The maximum absolute atomic E-state index is 13.6. The molecule has 2 aromatic heterocycles. The van der Waals surface area contributed by atoms with E-state index in [2.05, 4.69) is 30.9 Å². The summed E-state index contributed by atoms with van der Waals surface area (Å²) in [6, 6.07) is 6.18. The Morgan fingerprint density at radius 2 is 1.86 bits per heavy atom. The first-order valence-corrected chi connectivity index (χ1v) is 13.7. The summed E-state index contributed by atoms with van der Waals surface area (Å²) < 4.78 is 66.6. The van der Waals surface area contributed by atoms with Crippen molar-refractivity contribution in [2.75, 3.05) is 23.7 Å². The molecular weight excluding hydrogens is 604 g/mol. The fraction of sp³-hybridized carbons (Fsp3) is 0.333. The second-order valence-electron chi connectivity index (χ2n) is 9.92. The number of hydrogen-bond donors (Lipinski definition) is 3. The number of benzene rings is 2. The van der Waals surface area contributed by atoms with Crippen molar-refractivity contribution in [1.82, 2.24) is 24.8 Å². The summed E-state index contributed by atoms with van der Waals surface area (Å²) in [6.45, 7) is 2.30. The quantitative estimate of drug-likeness (QED) is 0.191. The minimum absolute atomic E-state index is 0.00523. The second-order valence-corrected chi connectivity index (χ2v) is 10.7. The number of alkyl halides is 3. The molecule has 1 saturated heterocycles. The van der Waals surface area contributed by atoms with E-state index in [9.17, 15) is 26.7 Å². The van der Waals surface area contributed by atoms with E-state index in [0.29, 0.717) is 34.7 Å². The normalized spacial score (nSPS) is 15.6. The number of halogens is 7. The lowest BCUT2D eigenvalue weighted by atomic mass is 9.99. The smallest absolute Gasteiger partial charge is 0.350 e. The standard InChI is InChI=1S/C27H24Cl2F5N7O/c28-17-7-16(38-22(42)9-27(32,33)34)8-18(29)23(17)25-39-21-12-37-26(36-11-14-3-4-19(30)20(31)6-14)40-24(21)41(25)13-15-2-1-5-35-10-15/h3-4,6-8,12,15,35H,1-2,5,9-11,13H2,(H,38,42)(H,36,37,40)/t15-/m1/s1. The number of fused-ring (bicyclic) bond motifs is 1. The van der Waals surface area contributed by atoms with Crippen LogP contribution in [0.15, 0.2) is 36.5 Å². The van der Waals surface area contributed by atoms with Gasteiger partial charge < -0.3 is 20.5 Å². The molecule has 1 aliphatic rings. The third-order valence-electron chi connectivity index (χ3n) is 6.67. The van der Waals surface area contributed by atoms with Gasteiger partial charge in [0.05, 0.1) is 21.8 Å². The molecule has 0 radical (unpaired) electrons. The molecule has 1 amide bonds. The molecule has 42 heavy (non-hydrogen) atoms. The van der Waals surface area contributed by atoms with E-state index in [4.69, 9.17) is 23.2 Å². The minimum atomic E-state index is -4.67. The molecule has 0 spiro atoms. The molecule has 0 bridgehead atoms. The maximum atomic E-state index is 13.6. The molecule has 8 nitrogen and oxygen atoms in total. The molecule has 1 atom stereocenters. The summed E-state index contributed by atoms with van der Waals surface area (Å²) in [7, 11) is 0. The lowest BCUT2D eigenvalue weighted by molar-refractivity contribution is -0.150. The van der Waals surface area contributed by atoms with Crippen LogP contribution in [0.3, 0.4) is 0 Å². The molecule has 0 unspecified atom stereocenters. The molecule has 15 heteroatoms. The fourth-order valence-electron chi connectivity index (χ4n) is 4.78. The zero-order valence-electron chi connectivity index (χ0n) is 21.8. The number of amides is 1. The second kappa shape index (κ2) is 12.4. The van der Waals surface area contributed by atoms with E-state index in [0.717, 1.165) is 38.1 Å². The van der Waals surface area contributed by atoms with Crippen LogP contribution in [0.4, 0.5) is 33.6 Å². The van der Waals surface area contributed by atoms with Crippen molar-refractivity contribution < 1.29 is 26.7 Å². The molecule has 3 N–H and O–H groups in total. The summed E-state index contributed by atoms with van der Waals surface area (Å²) in [5, 5.41) is 8.67. The number of hydrogen-bond acceptors (Lipinski definition) is 6. The Labute approximate surface area is 246 Å². The molecule has 0 saturated carbocycles. The summed E-state index contributed by atoms with van der Waals surface area (Å²) in [5.74, 6) is -2.35. The first kappa shape index (κ1) is 29.9. The van der Waals surface area contributed by atoms with Gasteiger partial charge >= 0.3 is 6.18 Å². The van der Waals surface area contributed by atoms with Crippen LogP contribution in [-0.2, 0) is 17.9 Å². The van der Waals surface area contributed by atoms with E-state index in [1.807, 2.05) is 4.57 Å². The molecule has 3 heterocycles. The summed E-state index contributed by atoms with van der Waals surface area (Å²) in [4.78, 5) is 25.4. The predicted molar refractivity (Wildman–Crippen MR) is 149 cm³/mol. The van der Waals surface area contributed by atoms with Crippen molar-refractivity contribution in [3.8, 4) is 11.4 Å². The topological polar surface area (TPSA) is 96.8 Å². The number of carbonyl (C=O) groups excluding carboxylic acids is 1. The first-order chi connectivity index (χ1) is 20.0. The van der Waals surface area contributed by atoms with Crippen molar-refractivity contribution in [3.05, 3.63) is 63.8 Å². The van der Waals surface area contributed by atoms with Crippen LogP contribution in [0, 0.1) is 17.6 Å². The third kappa shape index (κ3) is 7.08.